The Balaban J connectivity index is 2.27. The lowest BCUT2D eigenvalue weighted by molar-refractivity contribution is 0.0697. The molecule has 1 aliphatic heterocycles. The Morgan fingerprint density at radius 2 is 2.21 bits per heavy atom. The number of carboxylic acid groups (broad SMARTS) is 1. The first-order valence-corrected chi connectivity index (χ1v) is 6.74. The number of anilines is 1. The molecule has 1 N–H and O–H groups in total. The van der Waals surface area contributed by atoms with Crippen LogP contribution in [-0.4, -0.2) is 49.2 Å². The number of carbonyl (C=O) groups is 1. The van der Waals surface area contributed by atoms with Gasteiger partial charge >= 0.3 is 5.97 Å². The van der Waals surface area contributed by atoms with Crippen LogP contribution in [0.4, 0.5) is 5.69 Å². The van der Waals surface area contributed by atoms with Crippen LogP contribution in [0.5, 0.6) is 0 Å². The molecule has 1 aromatic carbocycles. The number of likely N-dealkylation sites (tertiary alicyclic amines) is 1. The number of likely N-dealkylation sites (N-methyl/N-ethyl adjacent to an activating group) is 2. The van der Waals surface area contributed by atoms with Crippen LogP contribution in [0.25, 0.3) is 0 Å². The molecule has 2 rings (SSSR count). The number of carboxylic acids is 1. The summed E-state index contributed by atoms with van der Waals surface area (Å²) in [6, 6.07) is 6.04. The predicted octanol–water partition coefficient (Wildman–Crippen LogP) is 2.22. The standard InChI is InChI=1S/C15H22N2O2/c1-11-6-7-14(13(9-11)15(18)19)17(3)12-5-4-8-16(2)10-12/h6-7,9,12H,4-5,8,10H2,1-3H3,(H,18,19). The molecule has 4 heteroatoms. The van der Waals surface area contributed by atoms with E-state index in [1.54, 1.807) is 6.07 Å². The van der Waals surface area contributed by atoms with E-state index in [1.807, 2.05) is 26.1 Å². The third-order valence-corrected chi connectivity index (χ3v) is 3.91. The van der Waals surface area contributed by atoms with Crippen molar-refractivity contribution in [2.45, 2.75) is 25.8 Å². The van der Waals surface area contributed by atoms with Gasteiger partial charge in [0, 0.05) is 19.6 Å². The van der Waals surface area contributed by atoms with Gasteiger partial charge in [-0.1, -0.05) is 11.6 Å². The van der Waals surface area contributed by atoms with Crippen molar-refractivity contribution in [3.63, 3.8) is 0 Å². The highest BCUT2D eigenvalue weighted by Crippen LogP contribution is 2.25. The Labute approximate surface area is 114 Å². The summed E-state index contributed by atoms with van der Waals surface area (Å²) < 4.78 is 0. The first-order chi connectivity index (χ1) is 8.99. The average molecular weight is 262 g/mol. The van der Waals surface area contributed by atoms with Crippen molar-refractivity contribution >= 4 is 11.7 Å². The SMILES string of the molecule is Cc1ccc(N(C)C2CCCN(C)C2)c(C(=O)O)c1. The van der Waals surface area contributed by atoms with Gasteiger partial charge in [-0.15, -0.1) is 0 Å². The molecule has 1 atom stereocenters. The summed E-state index contributed by atoms with van der Waals surface area (Å²) in [5, 5.41) is 9.35. The van der Waals surface area contributed by atoms with E-state index in [9.17, 15) is 9.90 Å². The second kappa shape index (κ2) is 5.61. The van der Waals surface area contributed by atoms with Gasteiger partial charge < -0.3 is 14.9 Å². The molecule has 1 saturated heterocycles. The van der Waals surface area contributed by atoms with E-state index in [2.05, 4.69) is 16.8 Å². The highest BCUT2D eigenvalue weighted by atomic mass is 16.4. The molecule has 0 saturated carbocycles. The summed E-state index contributed by atoms with van der Waals surface area (Å²) in [6.07, 6.45) is 2.29. The van der Waals surface area contributed by atoms with E-state index in [-0.39, 0.29) is 0 Å². The third kappa shape index (κ3) is 3.07. The van der Waals surface area contributed by atoms with Crippen molar-refractivity contribution in [3.8, 4) is 0 Å². The monoisotopic (exact) mass is 262 g/mol. The van der Waals surface area contributed by atoms with Crippen LogP contribution in [-0.2, 0) is 0 Å². The van der Waals surface area contributed by atoms with Crippen molar-refractivity contribution in [3.05, 3.63) is 29.3 Å². The summed E-state index contributed by atoms with van der Waals surface area (Å²) in [7, 11) is 4.12. The minimum atomic E-state index is -0.852. The molecule has 0 aromatic heterocycles. The minimum absolute atomic E-state index is 0.388. The maximum Gasteiger partial charge on any atom is 0.337 e. The number of nitrogens with zero attached hydrogens (tertiary/aromatic N) is 2. The number of benzene rings is 1. The second-order valence-corrected chi connectivity index (χ2v) is 5.49. The van der Waals surface area contributed by atoms with Crippen LogP contribution < -0.4 is 4.90 Å². The Morgan fingerprint density at radius 1 is 1.47 bits per heavy atom. The molecule has 1 heterocycles. The number of aromatic carboxylic acids is 1. The summed E-state index contributed by atoms with van der Waals surface area (Å²) >= 11 is 0. The topological polar surface area (TPSA) is 43.8 Å². The molecule has 0 aliphatic carbocycles. The molecule has 4 nitrogen and oxygen atoms in total. The van der Waals surface area contributed by atoms with Crippen molar-refractivity contribution in [1.82, 2.24) is 4.90 Å². The Kier molecular flexibility index (Phi) is 4.10. The summed E-state index contributed by atoms with van der Waals surface area (Å²) in [5.74, 6) is -0.852. The highest BCUT2D eigenvalue weighted by Gasteiger charge is 2.24. The zero-order chi connectivity index (χ0) is 14.0. The molecular formula is C15H22N2O2. The molecular weight excluding hydrogens is 240 g/mol. The van der Waals surface area contributed by atoms with Crippen LogP contribution in [0, 0.1) is 6.92 Å². The lowest BCUT2D eigenvalue weighted by atomic mass is 10.0. The molecule has 1 aromatic rings. The number of rotatable bonds is 3. The summed E-state index contributed by atoms with van der Waals surface area (Å²) in [4.78, 5) is 15.8. The quantitative estimate of drug-likeness (QED) is 0.907. The second-order valence-electron chi connectivity index (χ2n) is 5.49. The van der Waals surface area contributed by atoms with Crippen LogP contribution >= 0.6 is 0 Å². The number of hydrogen-bond acceptors (Lipinski definition) is 3. The fourth-order valence-electron chi connectivity index (χ4n) is 2.78. The fourth-order valence-corrected chi connectivity index (χ4v) is 2.78. The highest BCUT2D eigenvalue weighted by molar-refractivity contribution is 5.94. The van der Waals surface area contributed by atoms with Crippen molar-refractivity contribution in [1.29, 1.82) is 0 Å². The fraction of sp³-hybridized carbons (Fsp3) is 0.533. The zero-order valence-electron chi connectivity index (χ0n) is 11.9. The molecule has 0 bridgehead atoms. The Hall–Kier alpha value is -1.55. The third-order valence-electron chi connectivity index (χ3n) is 3.91. The first-order valence-electron chi connectivity index (χ1n) is 6.74. The lowest BCUT2D eigenvalue weighted by Crippen LogP contribution is -2.45. The molecule has 0 spiro atoms. The molecule has 1 unspecified atom stereocenters. The molecule has 104 valence electrons. The van der Waals surface area contributed by atoms with Gasteiger partial charge in [0.05, 0.1) is 11.3 Å². The van der Waals surface area contributed by atoms with Gasteiger partial charge in [-0.25, -0.2) is 4.79 Å². The van der Waals surface area contributed by atoms with Gasteiger partial charge in [0.1, 0.15) is 0 Å². The molecule has 1 aliphatic rings. The maximum absolute atomic E-state index is 11.4. The lowest BCUT2D eigenvalue weighted by Gasteiger charge is -2.37. The van der Waals surface area contributed by atoms with Crippen LogP contribution in [0.1, 0.15) is 28.8 Å². The van der Waals surface area contributed by atoms with Crippen LogP contribution in [0.3, 0.4) is 0 Å². The van der Waals surface area contributed by atoms with E-state index in [1.165, 1.54) is 6.42 Å². The number of aryl methyl sites for hydroxylation is 1. The molecule has 0 amide bonds. The van der Waals surface area contributed by atoms with Crippen molar-refractivity contribution in [2.24, 2.45) is 0 Å². The van der Waals surface area contributed by atoms with Crippen LogP contribution in [0.2, 0.25) is 0 Å². The normalized spacial score (nSPS) is 20.3. The van der Waals surface area contributed by atoms with Crippen molar-refractivity contribution in [2.75, 3.05) is 32.1 Å². The van der Waals surface area contributed by atoms with Gasteiger partial charge in [-0.2, -0.15) is 0 Å². The van der Waals surface area contributed by atoms with Gasteiger partial charge in [-0.3, -0.25) is 0 Å². The zero-order valence-corrected chi connectivity index (χ0v) is 11.9. The van der Waals surface area contributed by atoms with E-state index in [4.69, 9.17) is 0 Å². The predicted molar refractivity (Wildman–Crippen MR) is 77.1 cm³/mol. The summed E-state index contributed by atoms with van der Waals surface area (Å²) in [6.45, 7) is 4.04. The van der Waals surface area contributed by atoms with Crippen molar-refractivity contribution < 1.29 is 9.90 Å². The van der Waals surface area contributed by atoms with Gasteiger partial charge in [0.25, 0.3) is 0 Å². The summed E-state index contributed by atoms with van der Waals surface area (Å²) in [5.41, 5.74) is 2.20. The molecule has 0 radical (unpaired) electrons. The van der Waals surface area contributed by atoms with Gasteiger partial charge in [0.2, 0.25) is 0 Å². The largest absolute Gasteiger partial charge is 0.478 e. The number of piperidine rings is 1. The van der Waals surface area contributed by atoms with Gasteiger partial charge in [-0.05, 0) is 45.5 Å². The maximum atomic E-state index is 11.4. The van der Waals surface area contributed by atoms with Crippen LogP contribution in [0.15, 0.2) is 18.2 Å². The van der Waals surface area contributed by atoms with E-state index < -0.39 is 5.97 Å². The van der Waals surface area contributed by atoms with E-state index in [0.717, 1.165) is 30.8 Å². The Morgan fingerprint density at radius 3 is 2.84 bits per heavy atom. The first kappa shape index (κ1) is 13.9. The number of hydrogen-bond donors (Lipinski definition) is 1. The minimum Gasteiger partial charge on any atom is -0.478 e. The molecule has 19 heavy (non-hydrogen) atoms. The van der Waals surface area contributed by atoms with E-state index in [0.29, 0.717) is 11.6 Å². The van der Waals surface area contributed by atoms with Gasteiger partial charge in [0.15, 0.2) is 0 Å². The smallest absolute Gasteiger partial charge is 0.337 e. The van der Waals surface area contributed by atoms with E-state index >= 15 is 0 Å². The molecule has 1 fully saturated rings. The average Bonchev–Trinajstić information content (AvgIpc) is 2.37. The Bertz CT molecular complexity index is 473.